The van der Waals surface area contributed by atoms with E-state index in [9.17, 15) is 0 Å². The number of hydrogen-bond acceptors (Lipinski definition) is 2. The molecule has 16 heavy (non-hydrogen) atoms. The molecule has 0 unspecified atom stereocenters. The van der Waals surface area contributed by atoms with E-state index in [0.717, 1.165) is 29.8 Å². The quantitative estimate of drug-likeness (QED) is 0.446. The summed E-state index contributed by atoms with van der Waals surface area (Å²) in [5.74, 6) is 0.889. The van der Waals surface area contributed by atoms with Crippen molar-refractivity contribution < 1.29 is 4.74 Å². The molecule has 0 heterocycles. The smallest absolute Gasteiger partial charge is 0.118 e. The van der Waals surface area contributed by atoms with Gasteiger partial charge in [-0.25, -0.2) is 0 Å². The number of hydrogen-bond donors (Lipinski definition) is 1. The first-order valence-corrected chi connectivity index (χ1v) is 7.91. The van der Waals surface area contributed by atoms with Gasteiger partial charge < -0.3 is 10.5 Å². The third-order valence-corrected chi connectivity index (χ3v) is 5.00. The fourth-order valence-corrected chi connectivity index (χ4v) is 3.32. The Morgan fingerprint density at radius 1 is 1.12 bits per heavy atom. The van der Waals surface area contributed by atoms with Crippen LogP contribution in [0.1, 0.15) is 0 Å². The fraction of sp³-hybridized carbons (Fsp3) is 0.231. The van der Waals surface area contributed by atoms with Crippen LogP contribution in [0.15, 0.2) is 49.6 Å². The summed E-state index contributed by atoms with van der Waals surface area (Å²) in [7, 11) is -0.905. The lowest BCUT2D eigenvalue weighted by molar-refractivity contribution is 0.381. The molecule has 1 aromatic rings. The Balaban J connectivity index is 2.44. The lowest BCUT2D eigenvalue weighted by atomic mass is 10.3. The molecule has 0 aliphatic carbocycles. The van der Waals surface area contributed by atoms with Gasteiger partial charge in [-0.3, -0.25) is 0 Å². The Morgan fingerprint density at radius 2 is 1.69 bits per heavy atom. The topological polar surface area (TPSA) is 35.2 Å². The maximum Gasteiger partial charge on any atom is 0.118 e. The minimum Gasteiger partial charge on any atom is -0.498 e. The molecule has 2 N–H and O–H groups in total. The van der Waals surface area contributed by atoms with Crippen molar-refractivity contribution >= 4 is 14.5 Å². The van der Waals surface area contributed by atoms with Gasteiger partial charge in [-0.05, 0) is 36.4 Å². The van der Waals surface area contributed by atoms with Crippen LogP contribution in [0.3, 0.4) is 0 Å². The van der Waals surface area contributed by atoms with Gasteiger partial charge in [-0.15, -0.1) is 13.2 Å². The zero-order valence-electron chi connectivity index (χ0n) is 9.56. The molecule has 86 valence electrons. The minimum absolute atomic E-state index is 0.762. The molecule has 0 amide bonds. The summed E-state index contributed by atoms with van der Waals surface area (Å²) in [6.45, 7) is 7.56. The van der Waals surface area contributed by atoms with E-state index in [0.29, 0.717) is 0 Å². The highest BCUT2D eigenvalue weighted by Gasteiger charge is 2.08. The lowest BCUT2D eigenvalue weighted by Crippen LogP contribution is -2.21. The van der Waals surface area contributed by atoms with E-state index in [1.54, 1.807) is 0 Å². The van der Waals surface area contributed by atoms with Crippen molar-refractivity contribution in [1.82, 2.24) is 0 Å². The van der Waals surface area contributed by atoms with E-state index < -0.39 is 8.80 Å². The second kappa shape index (κ2) is 6.90. The third kappa shape index (κ3) is 4.36. The minimum atomic E-state index is -0.905. The van der Waals surface area contributed by atoms with Crippen LogP contribution in [0.5, 0.6) is 5.75 Å². The number of nitrogens with two attached hydrogens (primary N) is 1. The predicted octanol–water partition coefficient (Wildman–Crippen LogP) is 2.79. The number of rotatable bonds is 7. The molecular weight excluding hydrogens is 214 g/mol. The normalized spacial score (nSPS) is 10.1. The average Bonchev–Trinajstić information content (AvgIpc) is 2.29. The molecule has 0 aromatic heterocycles. The Labute approximate surface area is 99.0 Å². The molecule has 1 aromatic carbocycles. The molecule has 0 saturated heterocycles. The maximum atomic E-state index is 5.74. The highest BCUT2D eigenvalue weighted by Crippen LogP contribution is 2.14. The molecule has 0 aliphatic heterocycles. The molecule has 2 nitrogen and oxygen atoms in total. The summed E-state index contributed by atoms with van der Waals surface area (Å²) in [6.07, 6.45) is 4.78. The molecule has 0 bridgehead atoms. The number of ether oxygens (including phenoxy) is 1. The van der Waals surface area contributed by atoms with Crippen molar-refractivity contribution in [3.05, 3.63) is 49.6 Å². The summed E-state index contributed by atoms with van der Waals surface area (Å²) >= 11 is 0. The van der Waals surface area contributed by atoms with Crippen LogP contribution in [-0.2, 0) is 0 Å². The second-order valence-corrected chi connectivity index (χ2v) is 6.80. The van der Waals surface area contributed by atoms with Crippen LogP contribution in [0.4, 0.5) is 5.69 Å². The molecule has 0 radical (unpaired) electrons. The van der Waals surface area contributed by atoms with E-state index in [1.165, 1.54) is 0 Å². The van der Waals surface area contributed by atoms with Gasteiger partial charge in [0.2, 0.25) is 0 Å². The molecule has 1 rings (SSSR count). The summed E-state index contributed by atoms with van der Waals surface area (Å²) in [5, 5.41) is 0. The molecule has 3 heteroatoms. The molecular formula is C13H19NOSi. The van der Waals surface area contributed by atoms with Crippen LogP contribution in [0.25, 0.3) is 0 Å². The molecule has 0 atom stereocenters. The standard InChI is InChI=1S/C13H19NOSi/c1-3-9-16(10-4-2)11-15-13-7-5-12(14)6-8-13/h3-8,16H,1-2,9-11,14H2. The molecule has 0 spiro atoms. The Bertz CT molecular complexity index is 324. The van der Waals surface area contributed by atoms with Crippen LogP contribution >= 0.6 is 0 Å². The van der Waals surface area contributed by atoms with Crippen LogP contribution in [-0.4, -0.2) is 15.0 Å². The summed E-state index contributed by atoms with van der Waals surface area (Å²) in [6, 6.07) is 9.69. The second-order valence-electron chi connectivity index (χ2n) is 3.79. The van der Waals surface area contributed by atoms with Gasteiger partial charge in [0, 0.05) is 5.69 Å². The van der Waals surface area contributed by atoms with Crippen LogP contribution in [0.2, 0.25) is 12.1 Å². The first kappa shape index (κ1) is 12.6. The van der Waals surface area contributed by atoms with Crippen molar-refractivity contribution in [1.29, 1.82) is 0 Å². The average molecular weight is 233 g/mol. The van der Waals surface area contributed by atoms with E-state index in [-0.39, 0.29) is 0 Å². The lowest BCUT2D eigenvalue weighted by Gasteiger charge is -2.12. The van der Waals surface area contributed by atoms with Gasteiger partial charge in [-0.1, -0.05) is 12.2 Å². The molecule has 0 fully saturated rings. The van der Waals surface area contributed by atoms with Gasteiger partial charge >= 0.3 is 0 Å². The summed E-state index contributed by atoms with van der Waals surface area (Å²) < 4.78 is 5.74. The third-order valence-electron chi connectivity index (χ3n) is 2.37. The van der Waals surface area contributed by atoms with Crippen molar-refractivity contribution in [2.24, 2.45) is 0 Å². The highest BCUT2D eigenvalue weighted by molar-refractivity contribution is 6.59. The van der Waals surface area contributed by atoms with Crippen molar-refractivity contribution in [3.63, 3.8) is 0 Å². The summed E-state index contributed by atoms with van der Waals surface area (Å²) in [4.78, 5) is 0. The monoisotopic (exact) mass is 233 g/mol. The SMILES string of the molecule is C=CC[SiH](CC=C)COc1ccc(N)cc1. The number of nitrogen functional groups attached to an aromatic ring is 1. The number of allylic oxidation sites excluding steroid dienone is 2. The zero-order chi connectivity index (χ0) is 11.8. The zero-order valence-corrected chi connectivity index (χ0v) is 10.7. The van der Waals surface area contributed by atoms with Gasteiger partial charge in [-0.2, -0.15) is 0 Å². The van der Waals surface area contributed by atoms with Crippen molar-refractivity contribution in [2.45, 2.75) is 12.1 Å². The Hall–Kier alpha value is -1.48. The Morgan fingerprint density at radius 3 is 2.19 bits per heavy atom. The van der Waals surface area contributed by atoms with E-state index >= 15 is 0 Å². The number of anilines is 1. The maximum absolute atomic E-state index is 5.74. The summed E-state index contributed by atoms with van der Waals surface area (Å²) in [5.41, 5.74) is 6.37. The largest absolute Gasteiger partial charge is 0.498 e. The van der Waals surface area contributed by atoms with Gasteiger partial charge in [0.25, 0.3) is 0 Å². The van der Waals surface area contributed by atoms with E-state index in [4.69, 9.17) is 10.5 Å². The highest BCUT2D eigenvalue weighted by atomic mass is 28.3. The number of benzene rings is 1. The fourth-order valence-electron chi connectivity index (χ4n) is 1.48. The first-order chi connectivity index (χ1) is 7.76. The van der Waals surface area contributed by atoms with E-state index in [1.807, 2.05) is 36.4 Å². The van der Waals surface area contributed by atoms with E-state index in [2.05, 4.69) is 13.2 Å². The van der Waals surface area contributed by atoms with Crippen molar-refractivity contribution in [3.8, 4) is 5.75 Å². The van der Waals surface area contributed by atoms with Gasteiger partial charge in [0.1, 0.15) is 5.75 Å². The van der Waals surface area contributed by atoms with Crippen LogP contribution < -0.4 is 10.5 Å². The first-order valence-electron chi connectivity index (χ1n) is 5.46. The van der Waals surface area contributed by atoms with Crippen molar-refractivity contribution in [2.75, 3.05) is 12.0 Å². The van der Waals surface area contributed by atoms with Gasteiger partial charge in [0.15, 0.2) is 0 Å². The molecule has 0 saturated carbocycles. The Kier molecular flexibility index (Phi) is 5.43. The molecule has 0 aliphatic rings. The van der Waals surface area contributed by atoms with Crippen LogP contribution in [0, 0.1) is 0 Å². The predicted molar refractivity (Wildman–Crippen MR) is 73.5 cm³/mol. The van der Waals surface area contributed by atoms with Gasteiger partial charge in [0.05, 0.1) is 15.0 Å².